The van der Waals surface area contributed by atoms with Crippen molar-refractivity contribution < 1.29 is 5.11 Å². The molecule has 0 aliphatic rings. The monoisotopic (exact) mass is 204 g/mol. The molecule has 1 unspecified atom stereocenters. The highest BCUT2D eigenvalue weighted by Gasteiger charge is 2.11. The molecule has 5 heteroatoms. The van der Waals surface area contributed by atoms with Gasteiger partial charge in [0.1, 0.15) is 12.9 Å². The van der Waals surface area contributed by atoms with Crippen LogP contribution in [0.2, 0.25) is 0 Å². The van der Waals surface area contributed by atoms with E-state index < -0.39 is 0 Å². The van der Waals surface area contributed by atoms with E-state index in [1.165, 1.54) is 0 Å². The van der Waals surface area contributed by atoms with Gasteiger partial charge >= 0.3 is 0 Å². The van der Waals surface area contributed by atoms with E-state index in [1.807, 2.05) is 23.6 Å². The van der Waals surface area contributed by atoms with Crippen LogP contribution < -0.4 is 0 Å². The zero-order chi connectivity index (χ0) is 10.7. The average Bonchev–Trinajstić information content (AvgIpc) is 2.77. The second-order valence-corrected chi connectivity index (χ2v) is 3.27. The summed E-state index contributed by atoms with van der Waals surface area (Å²) in [7, 11) is 0. The van der Waals surface area contributed by atoms with Gasteiger partial charge in [0.2, 0.25) is 0 Å². The molecule has 0 radical (unpaired) electrons. The second-order valence-electron chi connectivity index (χ2n) is 3.27. The van der Waals surface area contributed by atoms with Crippen LogP contribution in [0.1, 0.15) is 24.4 Å². The van der Waals surface area contributed by atoms with Crippen molar-refractivity contribution in [2.75, 3.05) is 0 Å². The number of nitrogens with zero attached hydrogens (tertiary/aromatic N) is 4. The lowest BCUT2D eigenvalue weighted by Gasteiger charge is -2.14. The molecule has 0 amide bonds. The zero-order valence-corrected chi connectivity index (χ0v) is 8.41. The summed E-state index contributed by atoms with van der Waals surface area (Å²) in [5, 5.41) is 16.7. The van der Waals surface area contributed by atoms with Crippen LogP contribution in [0.4, 0.5) is 0 Å². The summed E-state index contributed by atoms with van der Waals surface area (Å²) in [6, 6.07) is 3.95. The predicted molar refractivity (Wildman–Crippen MR) is 54.0 cm³/mol. The molecule has 1 atom stereocenters. The average molecular weight is 204 g/mol. The molecule has 2 aromatic rings. The number of hydrogen-bond acceptors (Lipinski definition) is 4. The third-order valence-corrected chi connectivity index (χ3v) is 2.37. The first-order chi connectivity index (χ1) is 7.33. The van der Waals surface area contributed by atoms with Crippen LogP contribution in [0.15, 0.2) is 30.9 Å². The van der Waals surface area contributed by atoms with Crippen molar-refractivity contribution in [3.63, 3.8) is 0 Å². The molecule has 0 saturated heterocycles. The van der Waals surface area contributed by atoms with Crippen molar-refractivity contribution in [1.82, 2.24) is 19.7 Å². The summed E-state index contributed by atoms with van der Waals surface area (Å²) in [6.07, 6.45) is 5.14. The Labute approximate surface area is 87.4 Å². The van der Waals surface area contributed by atoms with Crippen LogP contribution in [-0.4, -0.2) is 24.9 Å². The Bertz CT molecular complexity index is 426. The highest BCUT2D eigenvalue weighted by Crippen LogP contribution is 2.17. The van der Waals surface area contributed by atoms with E-state index in [0.29, 0.717) is 5.82 Å². The minimum absolute atomic E-state index is 0.0795. The molecule has 0 fully saturated rings. The van der Waals surface area contributed by atoms with Crippen molar-refractivity contribution in [2.24, 2.45) is 0 Å². The summed E-state index contributed by atoms with van der Waals surface area (Å²) in [4.78, 5) is 4.05. The number of hydrogen-bond donors (Lipinski definition) is 1. The molecular formula is C10H12N4O. The van der Waals surface area contributed by atoms with Crippen LogP contribution in [0.5, 0.6) is 0 Å². The van der Waals surface area contributed by atoms with E-state index in [1.54, 1.807) is 18.7 Å². The molecule has 0 spiro atoms. The Morgan fingerprint density at radius 1 is 1.53 bits per heavy atom. The van der Waals surface area contributed by atoms with Gasteiger partial charge in [-0.05, 0) is 18.6 Å². The summed E-state index contributed by atoms with van der Waals surface area (Å²) in [5.74, 6) is 0.561. The summed E-state index contributed by atoms with van der Waals surface area (Å²) >= 11 is 0. The molecule has 2 rings (SSSR count). The lowest BCUT2D eigenvalue weighted by Crippen LogP contribution is -2.10. The van der Waals surface area contributed by atoms with Gasteiger partial charge < -0.3 is 9.67 Å². The second kappa shape index (κ2) is 4.18. The molecule has 5 nitrogen and oxygen atoms in total. The molecule has 0 aliphatic heterocycles. The van der Waals surface area contributed by atoms with E-state index >= 15 is 0 Å². The maximum absolute atomic E-state index is 9.06. The van der Waals surface area contributed by atoms with Crippen LogP contribution in [0, 0.1) is 0 Å². The SMILES string of the molecule is CC(c1cccnc1)n1cnnc1CO. The topological polar surface area (TPSA) is 63.8 Å². The van der Waals surface area contributed by atoms with Gasteiger partial charge in [-0.1, -0.05) is 6.07 Å². The fourth-order valence-corrected chi connectivity index (χ4v) is 1.49. The van der Waals surface area contributed by atoms with Gasteiger partial charge in [0.05, 0.1) is 6.04 Å². The smallest absolute Gasteiger partial charge is 0.159 e. The molecule has 15 heavy (non-hydrogen) atoms. The predicted octanol–water partition coefficient (Wildman–Crippen LogP) is 0.775. The third-order valence-electron chi connectivity index (χ3n) is 2.37. The Morgan fingerprint density at radius 3 is 3.07 bits per heavy atom. The fourth-order valence-electron chi connectivity index (χ4n) is 1.49. The molecule has 78 valence electrons. The van der Waals surface area contributed by atoms with Crippen molar-refractivity contribution in [3.8, 4) is 0 Å². The number of aromatic nitrogens is 4. The van der Waals surface area contributed by atoms with E-state index in [9.17, 15) is 0 Å². The van der Waals surface area contributed by atoms with Crippen LogP contribution >= 0.6 is 0 Å². The number of rotatable bonds is 3. The lowest BCUT2D eigenvalue weighted by molar-refractivity contribution is 0.263. The van der Waals surface area contributed by atoms with Gasteiger partial charge in [-0.25, -0.2) is 0 Å². The maximum atomic E-state index is 9.06. The van der Waals surface area contributed by atoms with E-state index in [-0.39, 0.29) is 12.6 Å². The standard InChI is InChI=1S/C10H12N4O/c1-8(9-3-2-4-11-5-9)14-7-12-13-10(14)6-15/h2-5,7-8,15H,6H2,1H3. The van der Waals surface area contributed by atoms with Gasteiger partial charge in [-0.2, -0.15) is 0 Å². The van der Waals surface area contributed by atoms with Gasteiger partial charge in [-0.15, -0.1) is 10.2 Å². The largest absolute Gasteiger partial charge is 0.388 e. The first-order valence-electron chi connectivity index (χ1n) is 4.72. The van der Waals surface area contributed by atoms with Crippen molar-refractivity contribution in [1.29, 1.82) is 0 Å². The Kier molecular flexibility index (Phi) is 2.73. The normalized spacial score (nSPS) is 12.7. The van der Waals surface area contributed by atoms with E-state index in [0.717, 1.165) is 5.56 Å². The summed E-state index contributed by atoms with van der Waals surface area (Å²) in [5.41, 5.74) is 1.06. The minimum atomic E-state index is -0.107. The van der Waals surface area contributed by atoms with E-state index in [4.69, 9.17) is 5.11 Å². The number of aliphatic hydroxyl groups is 1. The molecule has 0 aliphatic carbocycles. The molecule has 0 saturated carbocycles. The van der Waals surface area contributed by atoms with Crippen LogP contribution in [0.25, 0.3) is 0 Å². The van der Waals surface area contributed by atoms with E-state index in [2.05, 4.69) is 15.2 Å². The highest BCUT2D eigenvalue weighted by atomic mass is 16.3. The Balaban J connectivity index is 2.32. The van der Waals surface area contributed by atoms with Crippen molar-refractivity contribution >= 4 is 0 Å². The lowest BCUT2D eigenvalue weighted by atomic mass is 10.1. The molecule has 0 bridgehead atoms. The van der Waals surface area contributed by atoms with Crippen LogP contribution in [-0.2, 0) is 6.61 Å². The molecule has 2 heterocycles. The number of pyridine rings is 1. The minimum Gasteiger partial charge on any atom is -0.388 e. The Morgan fingerprint density at radius 2 is 2.40 bits per heavy atom. The summed E-state index contributed by atoms with van der Waals surface area (Å²) in [6.45, 7) is 1.91. The number of aliphatic hydroxyl groups excluding tert-OH is 1. The van der Waals surface area contributed by atoms with Gasteiger partial charge in [0.15, 0.2) is 5.82 Å². The maximum Gasteiger partial charge on any atom is 0.159 e. The molecule has 1 N–H and O–H groups in total. The van der Waals surface area contributed by atoms with Gasteiger partial charge in [-0.3, -0.25) is 4.98 Å². The summed E-state index contributed by atoms with van der Waals surface area (Å²) < 4.78 is 1.83. The first kappa shape index (κ1) is 9.79. The first-order valence-corrected chi connectivity index (χ1v) is 4.72. The van der Waals surface area contributed by atoms with Crippen molar-refractivity contribution in [3.05, 3.63) is 42.2 Å². The molecule has 2 aromatic heterocycles. The fraction of sp³-hybridized carbons (Fsp3) is 0.300. The zero-order valence-electron chi connectivity index (χ0n) is 8.41. The van der Waals surface area contributed by atoms with Crippen molar-refractivity contribution in [2.45, 2.75) is 19.6 Å². The van der Waals surface area contributed by atoms with Gasteiger partial charge in [0.25, 0.3) is 0 Å². The third kappa shape index (κ3) is 1.87. The molecule has 0 aromatic carbocycles. The van der Waals surface area contributed by atoms with Gasteiger partial charge in [0, 0.05) is 12.4 Å². The quantitative estimate of drug-likeness (QED) is 0.802. The molecular weight excluding hydrogens is 192 g/mol. The Hall–Kier alpha value is -1.75. The highest BCUT2D eigenvalue weighted by molar-refractivity contribution is 5.14. The van der Waals surface area contributed by atoms with Crippen LogP contribution in [0.3, 0.4) is 0 Å².